The van der Waals surface area contributed by atoms with E-state index < -0.39 is 0 Å². The van der Waals surface area contributed by atoms with Crippen molar-refractivity contribution >= 4 is 23.0 Å². The van der Waals surface area contributed by atoms with Gasteiger partial charge >= 0.3 is 0 Å². The van der Waals surface area contributed by atoms with Gasteiger partial charge in [0.15, 0.2) is 0 Å². The topological polar surface area (TPSA) is 58.7 Å². The van der Waals surface area contributed by atoms with Crippen LogP contribution in [-0.4, -0.2) is 36.5 Å². The third kappa shape index (κ3) is 2.88. The summed E-state index contributed by atoms with van der Waals surface area (Å²) in [5, 5.41) is 9.93. The monoisotopic (exact) mass is 270 g/mol. The number of nitrogens with zero attached hydrogens (tertiary/aromatic N) is 1. The normalized spacial score (nSPS) is 23.1. The number of rotatable bonds is 2. The highest BCUT2D eigenvalue weighted by Crippen LogP contribution is 2.32. The van der Waals surface area contributed by atoms with Gasteiger partial charge in [-0.25, -0.2) is 0 Å². The van der Waals surface area contributed by atoms with Gasteiger partial charge in [0.05, 0.1) is 29.0 Å². The van der Waals surface area contributed by atoms with Crippen molar-refractivity contribution in [2.75, 3.05) is 30.3 Å². The Hall–Kier alpha value is -0.970. The van der Waals surface area contributed by atoms with Gasteiger partial charge in [0.25, 0.3) is 0 Å². The molecule has 18 heavy (non-hydrogen) atoms. The summed E-state index contributed by atoms with van der Waals surface area (Å²) in [6.45, 7) is 5.38. The van der Waals surface area contributed by atoms with Gasteiger partial charge in [0.2, 0.25) is 0 Å². The van der Waals surface area contributed by atoms with Crippen LogP contribution in [0.1, 0.15) is 13.8 Å². The number of halogens is 1. The van der Waals surface area contributed by atoms with E-state index in [1.807, 2.05) is 26.0 Å². The van der Waals surface area contributed by atoms with E-state index in [1.165, 1.54) is 0 Å². The number of aliphatic hydroxyl groups is 1. The van der Waals surface area contributed by atoms with Crippen molar-refractivity contribution in [3.63, 3.8) is 0 Å². The van der Waals surface area contributed by atoms with Crippen molar-refractivity contribution in [3.05, 3.63) is 23.2 Å². The zero-order valence-electron chi connectivity index (χ0n) is 10.7. The molecule has 1 fully saturated rings. The Kier molecular flexibility index (Phi) is 3.71. The van der Waals surface area contributed by atoms with Gasteiger partial charge in [0, 0.05) is 18.8 Å². The van der Waals surface area contributed by atoms with Gasteiger partial charge in [-0.05, 0) is 32.0 Å². The van der Waals surface area contributed by atoms with Crippen LogP contribution in [0.5, 0.6) is 0 Å². The van der Waals surface area contributed by atoms with Crippen molar-refractivity contribution in [3.8, 4) is 0 Å². The van der Waals surface area contributed by atoms with Gasteiger partial charge < -0.3 is 20.5 Å². The maximum atomic E-state index is 9.30. The standard InChI is InChI=1S/C13H19ClN2O2/c1-13(2)8-16(6-10(7-17)18-13)12-4-3-9(15)5-11(12)14/h3-5,10,17H,6-8,15H2,1-2H3. The Bertz CT molecular complexity index is 437. The molecule has 0 saturated carbocycles. The quantitative estimate of drug-likeness (QED) is 0.806. The van der Waals surface area contributed by atoms with Gasteiger partial charge in [-0.1, -0.05) is 11.6 Å². The molecule has 5 heteroatoms. The second-order valence-corrected chi connectivity index (χ2v) is 5.68. The number of anilines is 2. The van der Waals surface area contributed by atoms with Crippen molar-refractivity contribution in [2.24, 2.45) is 0 Å². The summed E-state index contributed by atoms with van der Waals surface area (Å²) in [5.41, 5.74) is 6.97. The number of benzene rings is 1. The van der Waals surface area contributed by atoms with Crippen LogP contribution in [0.4, 0.5) is 11.4 Å². The Morgan fingerprint density at radius 3 is 2.89 bits per heavy atom. The lowest BCUT2D eigenvalue weighted by atomic mass is 10.0. The van der Waals surface area contributed by atoms with Crippen LogP contribution >= 0.6 is 11.6 Å². The van der Waals surface area contributed by atoms with Crippen LogP contribution in [0.3, 0.4) is 0 Å². The van der Waals surface area contributed by atoms with E-state index in [-0.39, 0.29) is 18.3 Å². The first kappa shape index (κ1) is 13.5. The van der Waals surface area contributed by atoms with Crippen LogP contribution in [0.25, 0.3) is 0 Å². The molecule has 1 aromatic carbocycles. The summed E-state index contributed by atoms with van der Waals surface area (Å²) in [6.07, 6.45) is -0.192. The third-order valence-corrected chi connectivity index (χ3v) is 3.30. The Morgan fingerprint density at radius 2 is 2.28 bits per heavy atom. The predicted octanol–water partition coefficient (Wildman–Crippen LogP) is 1.90. The molecule has 1 heterocycles. The highest BCUT2D eigenvalue weighted by atomic mass is 35.5. The molecule has 1 saturated heterocycles. The molecular formula is C13H19ClN2O2. The smallest absolute Gasteiger partial charge is 0.0988 e. The van der Waals surface area contributed by atoms with Crippen LogP contribution in [0, 0.1) is 0 Å². The molecule has 100 valence electrons. The Labute approximate surface area is 112 Å². The van der Waals surface area contributed by atoms with Gasteiger partial charge in [-0.2, -0.15) is 0 Å². The zero-order chi connectivity index (χ0) is 13.3. The fourth-order valence-corrected chi connectivity index (χ4v) is 2.66. The number of hydrogen-bond acceptors (Lipinski definition) is 4. The lowest BCUT2D eigenvalue weighted by Gasteiger charge is -2.43. The molecule has 0 radical (unpaired) electrons. The molecule has 0 amide bonds. The first-order valence-electron chi connectivity index (χ1n) is 6.00. The van der Waals surface area contributed by atoms with E-state index in [9.17, 15) is 5.11 Å². The molecule has 0 spiro atoms. The summed E-state index contributed by atoms with van der Waals surface area (Å²) < 4.78 is 5.78. The minimum absolute atomic E-state index is 0.00647. The summed E-state index contributed by atoms with van der Waals surface area (Å²) in [5.74, 6) is 0. The van der Waals surface area contributed by atoms with Crippen molar-refractivity contribution in [1.29, 1.82) is 0 Å². The van der Waals surface area contributed by atoms with Crippen LogP contribution in [0.2, 0.25) is 5.02 Å². The number of hydrogen-bond donors (Lipinski definition) is 2. The number of ether oxygens (including phenoxy) is 1. The lowest BCUT2D eigenvalue weighted by molar-refractivity contribution is -0.101. The van der Waals surface area contributed by atoms with Crippen molar-refractivity contribution < 1.29 is 9.84 Å². The van der Waals surface area contributed by atoms with Gasteiger partial charge in [-0.3, -0.25) is 0 Å². The number of nitrogen functional groups attached to an aromatic ring is 1. The fourth-order valence-electron chi connectivity index (χ4n) is 2.35. The predicted molar refractivity (Wildman–Crippen MR) is 74.1 cm³/mol. The average molecular weight is 271 g/mol. The third-order valence-electron chi connectivity index (χ3n) is 3.00. The molecular weight excluding hydrogens is 252 g/mol. The van der Waals surface area contributed by atoms with Crippen molar-refractivity contribution in [1.82, 2.24) is 0 Å². The largest absolute Gasteiger partial charge is 0.399 e. The number of morpholine rings is 1. The fraction of sp³-hybridized carbons (Fsp3) is 0.538. The average Bonchev–Trinajstić information content (AvgIpc) is 2.26. The molecule has 1 aromatic rings. The summed E-state index contributed by atoms with van der Waals surface area (Å²) in [7, 11) is 0. The van der Waals surface area contributed by atoms with E-state index in [1.54, 1.807) is 6.07 Å². The second kappa shape index (κ2) is 4.96. The molecule has 2 rings (SSSR count). The van der Waals surface area contributed by atoms with Gasteiger partial charge in [0.1, 0.15) is 0 Å². The molecule has 1 unspecified atom stereocenters. The van der Waals surface area contributed by atoms with E-state index >= 15 is 0 Å². The highest BCUT2D eigenvalue weighted by Gasteiger charge is 2.33. The van der Waals surface area contributed by atoms with E-state index in [2.05, 4.69) is 4.90 Å². The van der Waals surface area contributed by atoms with E-state index in [0.717, 1.165) is 12.2 Å². The lowest BCUT2D eigenvalue weighted by Crippen LogP contribution is -2.54. The first-order valence-corrected chi connectivity index (χ1v) is 6.38. The molecule has 1 aliphatic heterocycles. The minimum Gasteiger partial charge on any atom is -0.399 e. The SMILES string of the molecule is CC1(C)CN(c2ccc(N)cc2Cl)CC(CO)O1. The molecule has 1 atom stereocenters. The summed E-state index contributed by atoms with van der Waals surface area (Å²) in [6, 6.07) is 5.48. The summed E-state index contributed by atoms with van der Waals surface area (Å²) in [4.78, 5) is 2.13. The van der Waals surface area contributed by atoms with Crippen LogP contribution in [-0.2, 0) is 4.74 Å². The molecule has 3 N–H and O–H groups in total. The Morgan fingerprint density at radius 1 is 1.56 bits per heavy atom. The van der Waals surface area contributed by atoms with Crippen molar-refractivity contribution in [2.45, 2.75) is 25.6 Å². The number of aliphatic hydroxyl groups excluding tert-OH is 1. The number of nitrogens with two attached hydrogens (primary N) is 1. The Balaban J connectivity index is 2.26. The van der Waals surface area contributed by atoms with Gasteiger partial charge in [-0.15, -0.1) is 0 Å². The molecule has 0 aliphatic carbocycles. The van der Waals surface area contributed by atoms with Crippen LogP contribution < -0.4 is 10.6 Å². The minimum atomic E-state index is -0.309. The van der Waals surface area contributed by atoms with E-state index in [4.69, 9.17) is 22.1 Å². The zero-order valence-corrected chi connectivity index (χ0v) is 11.4. The second-order valence-electron chi connectivity index (χ2n) is 5.27. The summed E-state index contributed by atoms with van der Waals surface area (Å²) >= 11 is 6.22. The molecule has 1 aliphatic rings. The molecule has 0 bridgehead atoms. The highest BCUT2D eigenvalue weighted by molar-refractivity contribution is 6.33. The maximum absolute atomic E-state index is 9.30. The maximum Gasteiger partial charge on any atom is 0.0988 e. The molecule has 4 nitrogen and oxygen atoms in total. The van der Waals surface area contributed by atoms with E-state index in [0.29, 0.717) is 17.3 Å². The molecule has 0 aromatic heterocycles. The first-order chi connectivity index (χ1) is 8.41. The van der Waals surface area contributed by atoms with Crippen LogP contribution in [0.15, 0.2) is 18.2 Å².